The van der Waals surface area contributed by atoms with E-state index in [1.807, 2.05) is 0 Å². The van der Waals surface area contributed by atoms with Crippen LogP contribution in [-0.4, -0.2) is 10.1 Å². The zero-order valence-electron chi connectivity index (χ0n) is 7.12. The summed E-state index contributed by atoms with van der Waals surface area (Å²) in [6.07, 6.45) is 2.83. The summed E-state index contributed by atoms with van der Waals surface area (Å²) in [6.45, 7) is 0.0219. The molecule has 0 amide bonds. The molecule has 2 aromatic rings. The first kappa shape index (κ1) is 8.92. The minimum atomic E-state index is -1.37. The third-order valence-corrected chi connectivity index (χ3v) is 1.54. The summed E-state index contributed by atoms with van der Waals surface area (Å²) in [5, 5.41) is 14.7. The monoisotopic (exact) mass is 195 g/mol. The smallest absolute Gasteiger partial charge is 0.238 e. The van der Waals surface area contributed by atoms with Crippen molar-refractivity contribution in [3.63, 3.8) is 0 Å². The van der Waals surface area contributed by atoms with E-state index in [0.717, 1.165) is 0 Å². The number of oxazole rings is 1. The molecule has 1 atom stereocenters. The van der Waals surface area contributed by atoms with Gasteiger partial charge in [0.25, 0.3) is 0 Å². The molecule has 0 saturated heterocycles. The molecule has 0 aromatic carbocycles. The third-order valence-electron chi connectivity index (χ3n) is 1.54. The SMILES string of the molecule is [O]C(OCc1ncco1)c1ccon1. The topological polar surface area (TPSA) is 81.2 Å². The Hall–Kier alpha value is -1.66. The Morgan fingerprint density at radius 2 is 2.43 bits per heavy atom. The third kappa shape index (κ3) is 1.98. The molecule has 1 radical (unpaired) electrons. The van der Waals surface area contributed by atoms with Crippen LogP contribution in [0.3, 0.4) is 0 Å². The lowest BCUT2D eigenvalue weighted by molar-refractivity contribution is -0.159. The van der Waals surface area contributed by atoms with Crippen molar-refractivity contribution in [1.82, 2.24) is 10.1 Å². The van der Waals surface area contributed by atoms with Crippen LogP contribution in [0.1, 0.15) is 17.9 Å². The van der Waals surface area contributed by atoms with Gasteiger partial charge < -0.3 is 13.7 Å². The highest BCUT2D eigenvalue weighted by Crippen LogP contribution is 2.13. The molecule has 0 aliphatic carbocycles. The minimum absolute atomic E-state index is 0.0219. The van der Waals surface area contributed by atoms with Crippen molar-refractivity contribution >= 4 is 0 Å². The molecule has 73 valence electrons. The quantitative estimate of drug-likeness (QED) is 0.687. The van der Waals surface area contributed by atoms with Gasteiger partial charge in [-0.2, -0.15) is 5.11 Å². The van der Waals surface area contributed by atoms with E-state index in [1.54, 1.807) is 0 Å². The standard InChI is InChI=1S/C8H7N2O4/c11-8(6-1-3-14-10-6)13-5-7-9-2-4-12-7/h1-4,8H,5H2. The van der Waals surface area contributed by atoms with E-state index in [1.165, 1.54) is 24.8 Å². The summed E-state index contributed by atoms with van der Waals surface area (Å²) in [4.78, 5) is 3.80. The Labute approximate surface area is 79.1 Å². The average Bonchev–Trinajstić information content (AvgIpc) is 2.87. The van der Waals surface area contributed by atoms with Gasteiger partial charge in [-0.15, -0.1) is 0 Å². The highest BCUT2D eigenvalue weighted by molar-refractivity contribution is 4.96. The van der Waals surface area contributed by atoms with Crippen LogP contribution in [0, 0.1) is 0 Å². The van der Waals surface area contributed by atoms with Gasteiger partial charge in [0.2, 0.25) is 12.2 Å². The van der Waals surface area contributed by atoms with Crippen molar-refractivity contribution in [2.24, 2.45) is 0 Å². The van der Waals surface area contributed by atoms with Crippen LogP contribution in [0.15, 0.2) is 33.7 Å². The minimum Gasteiger partial charge on any atom is -0.446 e. The largest absolute Gasteiger partial charge is 0.446 e. The second-order valence-electron chi connectivity index (χ2n) is 2.49. The van der Waals surface area contributed by atoms with E-state index in [0.29, 0.717) is 5.89 Å². The first-order valence-electron chi connectivity index (χ1n) is 3.92. The van der Waals surface area contributed by atoms with Gasteiger partial charge in [0, 0.05) is 6.07 Å². The second kappa shape index (κ2) is 4.03. The highest BCUT2D eigenvalue weighted by atomic mass is 16.6. The summed E-state index contributed by atoms with van der Waals surface area (Å²) in [6, 6.07) is 1.45. The van der Waals surface area contributed by atoms with Crippen LogP contribution >= 0.6 is 0 Å². The molecule has 0 aliphatic heterocycles. The van der Waals surface area contributed by atoms with Gasteiger partial charge in [-0.05, 0) is 0 Å². The van der Waals surface area contributed by atoms with Crippen LogP contribution in [0.4, 0.5) is 0 Å². The van der Waals surface area contributed by atoms with Gasteiger partial charge in [0.1, 0.15) is 24.8 Å². The fourth-order valence-corrected chi connectivity index (χ4v) is 0.900. The molecule has 0 fully saturated rings. The lowest BCUT2D eigenvalue weighted by Crippen LogP contribution is -2.02. The van der Waals surface area contributed by atoms with Crippen molar-refractivity contribution < 1.29 is 18.8 Å². The van der Waals surface area contributed by atoms with Gasteiger partial charge in [-0.1, -0.05) is 5.16 Å². The normalized spacial score (nSPS) is 12.9. The number of nitrogens with zero attached hydrogens (tertiary/aromatic N) is 2. The molecule has 0 spiro atoms. The molecular weight excluding hydrogens is 188 g/mol. The molecule has 1 unspecified atom stereocenters. The number of rotatable bonds is 4. The van der Waals surface area contributed by atoms with E-state index in [9.17, 15) is 5.11 Å². The maximum Gasteiger partial charge on any atom is 0.238 e. The Morgan fingerprint density at radius 3 is 3.07 bits per heavy atom. The molecule has 0 aliphatic rings. The number of ether oxygens (including phenoxy) is 1. The van der Waals surface area contributed by atoms with Crippen LogP contribution in [0.25, 0.3) is 0 Å². The van der Waals surface area contributed by atoms with Crippen LogP contribution in [0.2, 0.25) is 0 Å². The first-order valence-corrected chi connectivity index (χ1v) is 3.92. The second-order valence-corrected chi connectivity index (χ2v) is 2.49. The summed E-state index contributed by atoms with van der Waals surface area (Å²) in [5.74, 6) is 0.356. The lowest BCUT2D eigenvalue weighted by Gasteiger charge is -2.03. The molecule has 2 heterocycles. The predicted molar refractivity (Wildman–Crippen MR) is 41.2 cm³/mol. The maximum absolute atomic E-state index is 11.3. The van der Waals surface area contributed by atoms with E-state index < -0.39 is 6.29 Å². The van der Waals surface area contributed by atoms with Gasteiger partial charge >= 0.3 is 0 Å². The van der Waals surface area contributed by atoms with Crippen LogP contribution in [-0.2, 0) is 16.5 Å². The lowest BCUT2D eigenvalue weighted by atomic mass is 10.4. The van der Waals surface area contributed by atoms with E-state index in [2.05, 4.69) is 14.7 Å². The molecular formula is C8H7N2O4. The maximum atomic E-state index is 11.3. The predicted octanol–water partition coefficient (Wildman–Crippen LogP) is 1.31. The molecule has 0 N–H and O–H groups in total. The van der Waals surface area contributed by atoms with Crippen molar-refractivity contribution in [2.45, 2.75) is 12.9 Å². The number of hydrogen-bond acceptors (Lipinski definition) is 5. The molecule has 6 heteroatoms. The van der Waals surface area contributed by atoms with E-state index >= 15 is 0 Å². The summed E-state index contributed by atoms with van der Waals surface area (Å²) >= 11 is 0. The Morgan fingerprint density at radius 1 is 1.50 bits per heavy atom. The van der Waals surface area contributed by atoms with Crippen molar-refractivity contribution in [2.75, 3.05) is 0 Å². The highest BCUT2D eigenvalue weighted by Gasteiger charge is 2.13. The summed E-state index contributed by atoms with van der Waals surface area (Å²) in [7, 11) is 0. The zero-order valence-corrected chi connectivity index (χ0v) is 7.12. The molecule has 2 rings (SSSR count). The Balaban J connectivity index is 1.87. The van der Waals surface area contributed by atoms with Crippen LogP contribution in [0.5, 0.6) is 0 Å². The molecule has 0 saturated carbocycles. The molecule has 2 aromatic heterocycles. The number of aromatic nitrogens is 2. The van der Waals surface area contributed by atoms with Gasteiger partial charge in [0.15, 0.2) is 0 Å². The van der Waals surface area contributed by atoms with Gasteiger partial charge in [0.05, 0.1) is 6.20 Å². The van der Waals surface area contributed by atoms with Crippen molar-refractivity contribution in [1.29, 1.82) is 0 Å². The van der Waals surface area contributed by atoms with E-state index in [4.69, 9.17) is 9.15 Å². The van der Waals surface area contributed by atoms with E-state index in [-0.39, 0.29) is 12.3 Å². The molecule has 14 heavy (non-hydrogen) atoms. The van der Waals surface area contributed by atoms with Crippen LogP contribution < -0.4 is 0 Å². The summed E-state index contributed by atoms with van der Waals surface area (Å²) < 4.78 is 14.3. The van der Waals surface area contributed by atoms with Crippen molar-refractivity contribution in [3.05, 3.63) is 36.4 Å². The van der Waals surface area contributed by atoms with Gasteiger partial charge in [-0.25, -0.2) is 4.98 Å². The first-order chi connectivity index (χ1) is 6.86. The number of hydrogen-bond donors (Lipinski definition) is 0. The Kier molecular flexibility index (Phi) is 2.57. The average molecular weight is 195 g/mol. The Bertz CT molecular complexity index is 357. The summed E-state index contributed by atoms with van der Waals surface area (Å²) in [5.41, 5.74) is 0.205. The molecule has 0 bridgehead atoms. The molecule has 6 nitrogen and oxygen atoms in total. The fraction of sp³-hybridized carbons (Fsp3) is 0.250. The van der Waals surface area contributed by atoms with Gasteiger partial charge in [-0.3, -0.25) is 0 Å². The fourth-order valence-electron chi connectivity index (χ4n) is 0.900. The van der Waals surface area contributed by atoms with Crippen molar-refractivity contribution in [3.8, 4) is 0 Å². The zero-order chi connectivity index (χ0) is 9.80.